The molecule has 4 heteroatoms. The van der Waals surface area contributed by atoms with Crippen LogP contribution >= 0.6 is 12.2 Å². The summed E-state index contributed by atoms with van der Waals surface area (Å²) in [5.41, 5.74) is 4.98. The highest BCUT2D eigenvalue weighted by Gasteiger charge is 2.13. The van der Waals surface area contributed by atoms with Gasteiger partial charge in [-0.25, -0.2) is 4.98 Å². The van der Waals surface area contributed by atoms with Crippen LogP contribution in [0.15, 0.2) is 36.5 Å². The van der Waals surface area contributed by atoms with Crippen LogP contribution in [0.1, 0.15) is 41.6 Å². The molecule has 3 nitrogen and oxygen atoms in total. The van der Waals surface area contributed by atoms with Gasteiger partial charge >= 0.3 is 0 Å². The first-order chi connectivity index (χ1) is 10.5. The Morgan fingerprint density at radius 2 is 1.86 bits per heavy atom. The Labute approximate surface area is 138 Å². The van der Waals surface area contributed by atoms with E-state index in [2.05, 4.69) is 54.6 Å². The van der Waals surface area contributed by atoms with Crippen LogP contribution in [0.5, 0.6) is 0 Å². The summed E-state index contributed by atoms with van der Waals surface area (Å²) in [6, 6.07) is 10.7. The van der Waals surface area contributed by atoms with Crippen LogP contribution in [-0.4, -0.2) is 10.1 Å². The number of benzene rings is 1. The number of rotatable bonds is 4. The maximum atomic E-state index is 5.42. The molecule has 0 spiro atoms. The van der Waals surface area contributed by atoms with Crippen LogP contribution in [0, 0.1) is 20.8 Å². The second-order valence-corrected chi connectivity index (χ2v) is 6.05. The molecule has 1 heterocycles. The smallest absolute Gasteiger partial charge is 0.172 e. The predicted octanol–water partition coefficient (Wildman–Crippen LogP) is 4.44. The largest absolute Gasteiger partial charge is 0.356 e. The normalized spacial score (nSPS) is 11.8. The van der Waals surface area contributed by atoms with Crippen molar-refractivity contribution in [3.8, 4) is 0 Å². The molecule has 0 aliphatic heterocycles. The van der Waals surface area contributed by atoms with Crippen LogP contribution in [0.25, 0.3) is 0 Å². The highest BCUT2D eigenvalue weighted by atomic mass is 32.1. The first kappa shape index (κ1) is 16.4. The molecule has 0 unspecified atom stereocenters. The lowest BCUT2D eigenvalue weighted by atomic mass is 9.98. The fourth-order valence-corrected chi connectivity index (χ4v) is 2.72. The summed E-state index contributed by atoms with van der Waals surface area (Å²) >= 11 is 5.42. The summed E-state index contributed by atoms with van der Waals surface area (Å²) in [6.45, 7) is 8.43. The standard InChI is InChI=1S/C18H23N3S/c1-5-16(15-8-6-12(2)10-14(15)4)20-18(22)21-17-9-7-13(3)11-19-17/h6-11,16H,5H2,1-4H3,(H2,19,20,21,22)/t16-/m0/s1. The van der Waals surface area contributed by atoms with Crippen molar-refractivity contribution >= 4 is 23.1 Å². The Balaban J connectivity index is 2.06. The molecule has 116 valence electrons. The van der Waals surface area contributed by atoms with Gasteiger partial charge in [-0.2, -0.15) is 0 Å². The lowest BCUT2D eigenvalue weighted by Gasteiger charge is -2.21. The van der Waals surface area contributed by atoms with Crippen molar-refractivity contribution in [1.29, 1.82) is 0 Å². The number of aryl methyl sites for hydroxylation is 3. The molecule has 0 radical (unpaired) electrons. The molecular weight excluding hydrogens is 290 g/mol. The van der Waals surface area contributed by atoms with Crippen molar-refractivity contribution in [2.45, 2.75) is 40.2 Å². The van der Waals surface area contributed by atoms with Gasteiger partial charge in [-0.05, 0) is 62.2 Å². The van der Waals surface area contributed by atoms with Crippen LogP contribution in [0.2, 0.25) is 0 Å². The monoisotopic (exact) mass is 313 g/mol. The lowest BCUT2D eigenvalue weighted by Crippen LogP contribution is -2.32. The van der Waals surface area contributed by atoms with Crippen molar-refractivity contribution in [3.05, 3.63) is 58.8 Å². The van der Waals surface area contributed by atoms with E-state index in [1.165, 1.54) is 16.7 Å². The molecule has 0 aliphatic rings. The van der Waals surface area contributed by atoms with Gasteiger partial charge in [0, 0.05) is 6.20 Å². The molecule has 2 N–H and O–H groups in total. The second kappa shape index (κ2) is 7.36. The summed E-state index contributed by atoms with van der Waals surface area (Å²) in [7, 11) is 0. The first-order valence-electron chi connectivity index (χ1n) is 7.57. The molecule has 0 bridgehead atoms. The van der Waals surface area contributed by atoms with E-state index in [0.29, 0.717) is 5.11 Å². The Kier molecular flexibility index (Phi) is 5.50. The van der Waals surface area contributed by atoms with E-state index in [9.17, 15) is 0 Å². The average Bonchev–Trinajstić information content (AvgIpc) is 2.48. The minimum absolute atomic E-state index is 0.200. The zero-order valence-corrected chi connectivity index (χ0v) is 14.4. The number of hydrogen-bond donors (Lipinski definition) is 2. The van der Waals surface area contributed by atoms with Gasteiger partial charge in [0.1, 0.15) is 5.82 Å². The van der Waals surface area contributed by atoms with Crippen LogP contribution in [-0.2, 0) is 0 Å². The van der Waals surface area contributed by atoms with E-state index < -0.39 is 0 Å². The molecule has 1 atom stereocenters. The molecule has 1 aromatic heterocycles. The van der Waals surface area contributed by atoms with Crippen LogP contribution in [0.4, 0.5) is 5.82 Å². The van der Waals surface area contributed by atoms with Gasteiger partial charge in [-0.3, -0.25) is 0 Å². The van der Waals surface area contributed by atoms with Gasteiger partial charge in [-0.1, -0.05) is 36.8 Å². The summed E-state index contributed by atoms with van der Waals surface area (Å²) in [6.07, 6.45) is 2.79. The molecule has 1 aromatic carbocycles. The van der Waals surface area contributed by atoms with Crippen LogP contribution in [0.3, 0.4) is 0 Å². The fourth-order valence-electron chi connectivity index (χ4n) is 2.47. The molecule has 2 aromatic rings. The number of thiocarbonyl (C=S) groups is 1. The van der Waals surface area contributed by atoms with E-state index in [-0.39, 0.29) is 6.04 Å². The highest BCUT2D eigenvalue weighted by Crippen LogP contribution is 2.21. The highest BCUT2D eigenvalue weighted by molar-refractivity contribution is 7.80. The maximum Gasteiger partial charge on any atom is 0.172 e. The summed E-state index contributed by atoms with van der Waals surface area (Å²) < 4.78 is 0. The van der Waals surface area contributed by atoms with Crippen molar-refractivity contribution in [3.63, 3.8) is 0 Å². The fraction of sp³-hybridized carbons (Fsp3) is 0.333. The minimum Gasteiger partial charge on any atom is -0.356 e. The molecule has 0 saturated carbocycles. The molecule has 0 fully saturated rings. The SMILES string of the molecule is CC[C@H](NC(=S)Nc1ccc(C)cn1)c1ccc(C)cc1C. The number of hydrogen-bond acceptors (Lipinski definition) is 2. The zero-order valence-electron chi connectivity index (χ0n) is 13.6. The van der Waals surface area contributed by atoms with Gasteiger partial charge in [0.15, 0.2) is 5.11 Å². The molecular formula is C18H23N3S. The van der Waals surface area contributed by atoms with Crippen molar-refractivity contribution in [2.24, 2.45) is 0 Å². The van der Waals surface area contributed by atoms with Crippen LogP contribution < -0.4 is 10.6 Å². The Bertz CT molecular complexity index is 650. The third-order valence-electron chi connectivity index (χ3n) is 3.67. The Hall–Kier alpha value is -1.94. The molecule has 0 aliphatic carbocycles. The van der Waals surface area contributed by atoms with Crippen molar-refractivity contribution in [1.82, 2.24) is 10.3 Å². The first-order valence-corrected chi connectivity index (χ1v) is 7.97. The number of nitrogens with zero attached hydrogens (tertiary/aromatic N) is 1. The van der Waals surface area contributed by atoms with Crippen molar-refractivity contribution in [2.75, 3.05) is 5.32 Å². The summed E-state index contributed by atoms with van der Waals surface area (Å²) in [5, 5.41) is 7.13. The molecule has 0 amide bonds. The van der Waals surface area contributed by atoms with Gasteiger partial charge in [0.25, 0.3) is 0 Å². The number of pyridine rings is 1. The zero-order chi connectivity index (χ0) is 16.1. The lowest BCUT2D eigenvalue weighted by molar-refractivity contribution is 0.625. The average molecular weight is 313 g/mol. The summed E-state index contributed by atoms with van der Waals surface area (Å²) in [5.74, 6) is 0.763. The van der Waals surface area contributed by atoms with E-state index in [1.807, 2.05) is 25.3 Å². The topological polar surface area (TPSA) is 37.0 Å². The second-order valence-electron chi connectivity index (χ2n) is 5.64. The maximum absolute atomic E-state index is 5.42. The molecule has 2 rings (SSSR count). The van der Waals surface area contributed by atoms with E-state index in [1.54, 1.807) is 0 Å². The van der Waals surface area contributed by atoms with E-state index in [0.717, 1.165) is 17.8 Å². The minimum atomic E-state index is 0.200. The number of aromatic nitrogens is 1. The summed E-state index contributed by atoms with van der Waals surface area (Å²) in [4.78, 5) is 4.31. The number of anilines is 1. The number of nitrogens with one attached hydrogen (secondary N) is 2. The van der Waals surface area contributed by atoms with E-state index in [4.69, 9.17) is 12.2 Å². The quantitative estimate of drug-likeness (QED) is 0.818. The molecule has 22 heavy (non-hydrogen) atoms. The third kappa shape index (κ3) is 4.28. The van der Waals surface area contributed by atoms with Crippen molar-refractivity contribution < 1.29 is 0 Å². The van der Waals surface area contributed by atoms with Gasteiger partial charge < -0.3 is 10.6 Å². The van der Waals surface area contributed by atoms with Gasteiger partial charge in [0.2, 0.25) is 0 Å². The Morgan fingerprint density at radius 3 is 2.45 bits per heavy atom. The third-order valence-corrected chi connectivity index (χ3v) is 3.89. The van der Waals surface area contributed by atoms with Gasteiger partial charge in [0.05, 0.1) is 6.04 Å². The Morgan fingerprint density at radius 1 is 1.14 bits per heavy atom. The molecule has 0 saturated heterocycles. The van der Waals surface area contributed by atoms with E-state index >= 15 is 0 Å². The predicted molar refractivity (Wildman–Crippen MR) is 97.3 cm³/mol. The van der Waals surface area contributed by atoms with Gasteiger partial charge in [-0.15, -0.1) is 0 Å².